The van der Waals surface area contributed by atoms with Crippen molar-refractivity contribution in [2.24, 2.45) is 0 Å². The molecule has 0 radical (unpaired) electrons. The van der Waals surface area contributed by atoms with Crippen molar-refractivity contribution in [3.63, 3.8) is 0 Å². The number of hydrogen-bond acceptors (Lipinski definition) is 2. The summed E-state index contributed by atoms with van der Waals surface area (Å²) >= 11 is 1.59. The van der Waals surface area contributed by atoms with Crippen molar-refractivity contribution in [2.45, 2.75) is 26.2 Å². The third-order valence-electron chi connectivity index (χ3n) is 1.13. The third-order valence-corrected chi connectivity index (χ3v) is 2.26. The molecule has 0 bridgehead atoms. The molecule has 62 valence electrons. The molecule has 12 heavy (non-hydrogen) atoms. The van der Waals surface area contributed by atoms with Crippen molar-refractivity contribution in [1.29, 1.82) is 0 Å². The number of thiazole rings is 1. The number of rotatable bonds is 0. The van der Waals surface area contributed by atoms with Crippen molar-refractivity contribution in [3.8, 4) is 0 Å². The smallest absolute Gasteiger partial charge is 0 e. The Morgan fingerprint density at radius 1 is 1.25 bits per heavy atom. The van der Waals surface area contributed by atoms with Gasteiger partial charge in [0.2, 0.25) is 0 Å². The van der Waals surface area contributed by atoms with Gasteiger partial charge in [0, 0.05) is 93.3 Å². The average Bonchev–Trinajstić information content (AvgIpc) is 2.08. The fraction of sp³-hybridized carbons (Fsp3) is 0.571. The molecule has 0 spiro atoms. The first-order valence-electron chi connectivity index (χ1n) is 2.93. The topological polar surface area (TPSA) is 12.9 Å². The van der Waals surface area contributed by atoms with E-state index in [-0.39, 0.29) is 98.8 Å². The van der Waals surface area contributed by atoms with Crippen molar-refractivity contribution in [1.82, 2.24) is 4.98 Å². The summed E-state index contributed by atoms with van der Waals surface area (Å²) in [5.74, 6) is 0. The van der Waals surface area contributed by atoms with Crippen molar-refractivity contribution < 1.29 is 93.3 Å². The average molecular weight is 854 g/mol. The van der Waals surface area contributed by atoms with Crippen LogP contribution < -0.4 is 0 Å². The summed E-state index contributed by atoms with van der Waals surface area (Å²) in [4.78, 5) is 5.18. The molecule has 0 aliphatic rings. The zero-order valence-electron chi connectivity index (χ0n) is 7.43. The molecular formula is C7H10NSU3-. The zero-order valence-corrected chi connectivity index (χ0v) is 20.7. The Kier molecular flexibility index (Phi) is 15.2. The monoisotopic (exact) mass is 854 g/mol. The van der Waals surface area contributed by atoms with Crippen LogP contribution in [-0.4, -0.2) is 4.98 Å². The van der Waals surface area contributed by atoms with Crippen molar-refractivity contribution in [3.05, 3.63) is 16.6 Å². The Morgan fingerprint density at radius 3 is 1.92 bits per heavy atom. The molecule has 0 aromatic carbocycles. The SMILES string of the molecule is CC(C)(C)c1cn[c-]s1.[U].[U].[U]. The maximum atomic E-state index is 3.88. The molecule has 0 saturated carbocycles. The second-order valence-corrected chi connectivity index (χ2v) is 3.89. The summed E-state index contributed by atoms with van der Waals surface area (Å²) < 4.78 is 0. The van der Waals surface area contributed by atoms with Gasteiger partial charge < -0.3 is 4.98 Å². The minimum atomic E-state index is 0. The Labute approximate surface area is 149 Å². The van der Waals surface area contributed by atoms with E-state index in [1.54, 1.807) is 11.3 Å². The van der Waals surface area contributed by atoms with Crippen molar-refractivity contribution in [2.75, 3.05) is 0 Å². The minimum absolute atomic E-state index is 0. The molecule has 0 fully saturated rings. The van der Waals surface area contributed by atoms with Gasteiger partial charge >= 0.3 is 0 Å². The predicted octanol–water partition coefficient (Wildman–Crippen LogP) is 2.24. The largest absolute Gasteiger partial charge is 0.394 e. The molecule has 1 aromatic rings. The Hall–Kier alpha value is 2.79. The van der Waals surface area contributed by atoms with E-state index in [0.717, 1.165) is 0 Å². The van der Waals surface area contributed by atoms with Crippen LogP contribution in [0.4, 0.5) is 0 Å². The molecule has 0 amide bonds. The van der Waals surface area contributed by atoms with Gasteiger partial charge in [0.05, 0.1) is 0 Å². The van der Waals surface area contributed by atoms with Gasteiger partial charge in [-0.05, 0) is 5.51 Å². The quantitative estimate of drug-likeness (QED) is 0.366. The van der Waals surface area contributed by atoms with E-state index in [2.05, 4.69) is 31.3 Å². The molecule has 0 atom stereocenters. The Balaban J connectivity index is -0.000000270. The second kappa shape index (κ2) is 9.04. The van der Waals surface area contributed by atoms with Crippen LogP contribution in [-0.2, 0) is 5.41 Å². The van der Waals surface area contributed by atoms with Gasteiger partial charge in [0.1, 0.15) is 0 Å². The molecular weight excluding hydrogens is 844 g/mol. The molecule has 1 nitrogen and oxygen atoms in total. The molecule has 0 N–H and O–H groups in total. The predicted molar refractivity (Wildman–Crippen MR) is 39.7 cm³/mol. The third kappa shape index (κ3) is 7.13. The van der Waals surface area contributed by atoms with E-state index in [0.29, 0.717) is 0 Å². The maximum Gasteiger partial charge on any atom is 0 e. The fourth-order valence-corrected chi connectivity index (χ4v) is 1.15. The van der Waals surface area contributed by atoms with Crippen LogP contribution in [0.15, 0.2) is 6.20 Å². The molecule has 1 heterocycles. The van der Waals surface area contributed by atoms with Crippen LogP contribution in [0, 0.1) is 98.8 Å². The number of aromatic nitrogens is 1. The normalized spacial score (nSPS) is 8.92. The summed E-state index contributed by atoms with van der Waals surface area (Å²) in [7, 11) is 0. The standard InChI is InChI=1S/C7H10NS.3U/c1-7(2,3)6-4-8-5-9-6;;;/h4H,1-3H3;;;/q-1;;;. The van der Waals surface area contributed by atoms with Crippen LogP contribution in [0.2, 0.25) is 0 Å². The van der Waals surface area contributed by atoms with Crippen LogP contribution in [0.5, 0.6) is 0 Å². The van der Waals surface area contributed by atoms with Crippen LogP contribution in [0.25, 0.3) is 0 Å². The van der Waals surface area contributed by atoms with Gasteiger partial charge in [-0.3, -0.25) is 11.3 Å². The van der Waals surface area contributed by atoms with Crippen LogP contribution in [0.3, 0.4) is 0 Å². The molecule has 5 heteroatoms. The molecule has 0 aliphatic heterocycles. The number of nitrogens with zero attached hydrogens (tertiary/aromatic N) is 1. The van der Waals surface area contributed by atoms with E-state index < -0.39 is 0 Å². The van der Waals surface area contributed by atoms with Gasteiger partial charge in [-0.2, -0.15) is 0 Å². The first-order chi connectivity index (χ1) is 4.11. The van der Waals surface area contributed by atoms with Crippen LogP contribution >= 0.6 is 11.3 Å². The van der Waals surface area contributed by atoms with E-state index in [1.807, 2.05) is 6.20 Å². The summed E-state index contributed by atoms with van der Waals surface area (Å²) in [5.41, 5.74) is 3.08. The van der Waals surface area contributed by atoms with Gasteiger partial charge in [-0.1, -0.05) is 26.2 Å². The van der Waals surface area contributed by atoms with E-state index in [1.165, 1.54) is 4.88 Å². The van der Waals surface area contributed by atoms with Crippen LogP contribution in [0.1, 0.15) is 25.6 Å². The van der Waals surface area contributed by atoms with Gasteiger partial charge in [-0.15, -0.1) is 11.1 Å². The van der Waals surface area contributed by atoms with E-state index in [4.69, 9.17) is 0 Å². The number of hydrogen-bond donors (Lipinski definition) is 0. The first-order valence-corrected chi connectivity index (χ1v) is 3.75. The van der Waals surface area contributed by atoms with Gasteiger partial charge in [-0.25, -0.2) is 0 Å². The van der Waals surface area contributed by atoms with Crippen molar-refractivity contribution >= 4 is 11.3 Å². The Morgan fingerprint density at radius 2 is 1.75 bits per heavy atom. The van der Waals surface area contributed by atoms with Gasteiger partial charge in [0.25, 0.3) is 0 Å². The minimum Gasteiger partial charge on any atom is -0.394 e. The maximum absolute atomic E-state index is 3.88. The molecule has 1 rings (SSSR count). The Bertz CT molecular complexity index is 181. The molecule has 0 unspecified atom stereocenters. The zero-order chi connectivity index (χ0) is 6.91. The van der Waals surface area contributed by atoms with E-state index >= 15 is 0 Å². The summed E-state index contributed by atoms with van der Waals surface area (Å²) in [5, 5.41) is 0. The molecule has 1 aromatic heterocycles. The summed E-state index contributed by atoms with van der Waals surface area (Å²) in [6.45, 7) is 6.52. The second-order valence-electron chi connectivity index (χ2n) is 3.07. The molecule has 0 aliphatic carbocycles. The van der Waals surface area contributed by atoms with E-state index in [9.17, 15) is 0 Å². The summed E-state index contributed by atoms with van der Waals surface area (Å²) in [6.07, 6.45) is 1.88. The molecule has 0 saturated heterocycles. The fourth-order valence-electron chi connectivity index (χ4n) is 0.534. The van der Waals surface area contributed by atoms with Gasteiger partial charge in [0.15, 0.2) is 0 Å². The first kappa shape index (κ1) is 20.2. The summed E-state index contributed by atoms with van der Waals surface area (Å²) in [6, 6.07) is 0.